The van der Waals surface area contributed by atoms with Crippen LogP contribution in [-0.4, -0.2) is 5.91 Å². The number of rotatable bonds is 0. The van der Waals surface area contributed by atoms with Gasteiger partial charge in [-0.2, -0.15) is 0 Å². The molecule has 1 aromatic heterocycles. The molecule has 0 unspecified atom stereocenters. The number of fused-ring (bicyclic) bond motifs is 1. The maximum absolute atomic E-state index is 10.8. The summed E-state index contributed by atoms with van der Waals surface area (Å²) >= 11 is 0. The Bertz CT molecular complexity index is 375. The molecule has 1 aliphatic carbocycles. The summed E-state index contributed by atoms with van der Waals surface area (Å²) in [6.45, 7) is 1.51. The molecule has 4 heteroatoms. The molecule has 2 nitrogen and oxygen atoms in total. The van der Waals surface area contributed by atoms with E-state index >= 15 is 0 Å². The van der Waals surface area contributed by atoms with Crippen LogP contribution >= 0.6 is 20.7 Å². The SMILES string of the molecule is CC(=O)N=c1ssc2c1CCC2. The van der Waals surface area contributed by atoms with E-state index < -0.39 is 0 Å². The molecule has 0 saturated heterocycles. The van der Waals surface area contributed by atoms with Crippen molar-refractivity contribution in [1.29, 1.82) is 0 Å². The fourth-order valence-corrected chi connectivity index (χ4v) is 4.17. The third-order valence-electron chi connectivity index (χ3n) is 1.91. The Balaban J connectivity index is 2.53. The van der Waals surface area contributed by atoms with Gasteiger partial charge in [0.15, 0.2) is 0 Å². The van der Waals surface area contributed by atoms with Gasteiger partial charge in [0.2, 0.25) is 5.91 Å². The first-order chi connectivity index (χ1) is 5.77. The van der Waals surface area contributed by atoms with Gasteiger partial charge >= 0.3 is 0 Å². The molecule has 12 heavy (non-hydrogen) atoms. The highest BCUT2D eigenvalue weighted by Crippen LogP contribution is 2.25. The van der Waals surface area contributed by atoms with Crippen LogP contribution in [-0.2, 0) is 17.6 Å². The minimum Gasteiger partial charge on any atom is -0.273 e. The number of nitrogens with zero attached hydrogens (tertiary/aromatic N) is 1. The minimum absolute atomic E-state index is 0.0845. The molecule has 0 fully saturated rings. The van der Waals surface area contributed by atoms with Gasteiger partial charge < -0.3 is 0 Å². The van der Waals surface area contributed by atoms with Crippen molar-refractivity contribution in [1.82, 2.24) is 0 Å². The molecule has 0 spiro atoms. The molecule has 1 heterocycles. The van der Waals surface area contributed by atoms with E-state index in [0.29, 0.717) is 0 Å². The topological polar surface area (TPSA) is 29.4 Å². The van der Waals surface area contributed by atoms with E-state index in [-0.39, 0.29) is 5.91 Å². The number of hydrogen-bond acceptors (Lipinski definition) is 3. The van der Waals surface area contributed by atoms with E-state index in [9.17, 15) is 4.79 Å². The molecule has 1 amide bonds. The van der Waals surface area contributed by atoms with Crippen molar-refractivity contribution in [2.45, 2.75) is 26.2 Å². The van der Waals surface area contributed by atoms with Crippen LogP contribution in [0.1, 0.15) is 23.8 Å². The monoisotopic (exact) mass is 199 g/mol. The first kappa shape index (κ1) is 8.13. The van der Waals surface area contributed by atoms with Gasteiger partial charge in [-0.05, 0) is 19.3 Å². The average molecular weight is 199 g/mol. The number of carbonyl (C=O) groups excluding carboxylic acids is 1. The Morgan fingerprint density at radius 1 is 1.42 bits per heavy atom. The van der Waals surface area contributed by atoms with Crippen molar-refractivity contribution >= 4 is 26.6 Å². The maximum atomic E-state index is 10.8. The number of aryl methyl sites for hydroxylation is 1. The Morgan fingerprint density at radius 3 is 3.00 bits per heavy atom. The van der Waals surface area contributed by atoms with Crippen LogP contribution < -0.4 is 4.67 Å². The standard InChI is InChI=1S/C8H9NOS2/c1-5(10)9-8-6-3-2-4-7(6)11-12-8/h2-4H2,1H3. The van der Waals surface area contributed by atoms with Gasteiger partial charge in [-0.25, -0.2) is 4.99 Å². The fraction of sp³-hybridized carbons (Fsp3) is 0.500. The predicted molar refractivity (Wildman–Crippen MR) is 50.5 cm³/mol. The third-order valence-corrected chi connectivity index (χ3v) is 4.46. The van der Waals surface area contributed by atoms with Gasteiger partial charge in [-0.15, -0.1) is 0 Å². The lowest BCUT2D eigenvalue weighted by molar-refractivity contribution is -0.116. The predicted octanol–water partition coefficient (Wildman–Crippen LogP) is 1.75. The van der Waals surface area contributed by atoms with Crippen LogP contribution in [0, 0.1) is 0 Å². The molecule has 0 saturated carbocycles. The molecule has 1 aliphatic rings. The van der Waals surface area contributed by atoms with Gasteiger partial charge in [0, 0.05) is 17.4 Å². The van der Waals surface area contributed by atoms with Crippen molar-refractivity contribution in [3.05, 3.63) is 15.1 Å². The molecule has 64 valence electrons. The zero-order valence-electron chi connectivity index (χ0n) is 6.79. The minimum atomic E-state index is -0.0845. The Morgan fingerprint density at radius 2 is 2.25 bits per heavy atom. The Hall–Kier alpha value is -0.480. The summed E-state index contributed by atoms with van der Waals surface area (Å²) in [5.41, 5.74) is 1.33. The lowest BCUT2D eigenvalue weighted by atomic mass is 10.3. The van der Waals surface area contributed by atoms with Crippen LogP contribution in [0.3, 0.4) is 0 Å². The number of amides is 1. The van der Waals surface area contributed by atoms with Crippen molar-refractivity contribution in [2.24, 2.45) is 4.99 Å². The van der Waals surface area contributed by atoms with Gasteiger partial charge in [0.1, 0.15) is 4.67 Å². The molecule has 0 atom stereocenters. The lowest BCUT2D eigenvalue weighted by Crippen LogP contribution is -2.03. The number of hydrogen-bond donors (Lipinski definition) is 0. The number of carbonyl (C=O) groups is 1. The van der Waals surface area contributed by atoms with E-state index in [4.69, 9.17) is 0 Å². The quantitative estimate of drug-likeness (QED) is 0.585. The zero-order valence-corrected chi connectivity index (χ0v) is 8.43. The van der Waals surface area contributed by atoms with E-state index in [1.807, 2.05) is 0 Å². The van der Waals surface area contributed by atoms with Crippen LogP contribution in [0.2, 0.25) is 0 Å². The van der Waals surface area contributed by atoms with Crippen LogP contribution in [0.25, 0.3) is 0 Å². The smallest absolute Gasteiger partial charge is 0.243 e. The molecular weight excluding hydrogens is 190 g/mol. The molecule has 0 aromatic carbocycles. The second-order valence-corrected chi connectivity index (χ2v) is 5.07. The van der Waals surface area contributed by atoms with Gasteiger partial charge in [0.05, 0.1) is 0 Å². The first-order valence-corrected chi connectivity index (χ1v) is 6.08. The van der Waals surface area contributed by atoms with Crippen molar-refractivity contribution < 1.29 is 4.79 Å². The summed E-state index contributed by atoms with van der Waals surface area (Å²) in [5, 5.41) is 0. The maximum Gasteiger partial charge on any atom is 0.243 e. The zero-order chi connectivity index (χ0) is 8.55. The molecule has 2 rings (SSSR count). The molecular formula is C8H9NOS2. The summed E-state index contributed by atoms with van der Waals surface area (Å²) < 4.78 is 0.958. The lowest BCUT2D eigenvalue weighted by Gasteiger charge is -1.84. The molecule has 0 N–H and O–H groups in total. The summed E-state index contributed by atoms with van der Waals surface area (Å²) in [4.78, 5) is 16.2. The van der Waals surface area contributed by atoms with E-state index in [0.717, 1.165) is 11.1 Å². The average Bonchev–Trinajstić information content (AvgIpc) is 2.52. The summed E-state index contributed by atoms with van der Waals surface area (Å²) in [5.74, 6) is -0.0845. The van der Waals surface area contributed by atoms with E-state index in [1.54, 1.807) is 20.7 Å². The van der Waals surface area contributed by atoms with Crippen molar-refractivity contribution in [3.8, 4) is 0 Å². The van der Waals surface area contributed by atoms with Gasteiger partial charge in [0.25, 0.3) is 0 Å². The van der Waals surface area contributed by atoms with Crippen molar-refractivity contribution in [3.63, 3.8) is 0 Å². The fourth-order valence-electron chi connectivity index (χ4n) is 1.40. The summed E-state index contributed by atoms with van der Waals surface area (Å²) in [6, 6.07) is 0. The second kappa shape index (κ2) is 3.11. The van der Waals surface area contributed by atoms with Gasteiger partial charge in [-0.1, -0.05) is 20.7 Å². The van der Waals surface area contributed by atoms with E-state index in [2.05, 4.69) is 4.99 Å². The summed E-state index contributed by atoms with van der Waals surface area (Å²) in [6.07, 6.45) is 3.53. The largest absolute Gasteiger partial charge is 0.273 e. The third kappa shape index (κ3) is 1.36. The van der Waals surface area contributed by atoms with Crippen molar-refractivity contribution in [2.75, 3.05) is 0 Å². The highest BCUT2D eigenvalue weighted by molar-refractivity contribution is 7.68. The second-order valence-electron chi connectivity index (χ2n) is 2.86. The Kier molecular flexibility index (Phi) is 2.11. The van der Waals surface area contributed by atoms with Crippen LogP contribution in [0.4, 0.5) is 0 Å². The van der Waals surface area contributed by atoms with Crippen LogP contribution in [0.15, 0.2) is 4.99 Å². The van der Waals surface area contributed by atoms with Crippen LogP contribution in [0.5, 0.6) is 0 Å². The summed E-state index contributed by atoms with van der Waals surface area (Å²) in [7, 11) is 3.41. The van der Waals surface area contributed by atoms with E-state index in [1.165, 1.54) is 30.2 Å². The molecule has 1 aromatic rings. The normalized spacial score (nSPS) is 16.6. The highest BCUT2D eigenvalue weighted by atomic mass is 32.9. The Labute approximate surface area is 78.0 Å². The van der Waals surface area contributed by atoms with Gasteiger partial charge in [-0.3, -0.25) is 4.79 Å². The molecule has 0 radical (unpaired) electrons. The molecule has 0 bridgehead atoms. The molecule has 0 aliphatic heterocycles. The first-order valence-electron chi connectivity index (χ1n) is 3.93. The highest BCUT2D eigenvalue weighted by Gasteiger charge is 2.15.